The number of carbonyl (C=O) groups is 3. The lowest BCUT2D eigenvalue weighted by atomic mass is 10.1. The van der Waals surface area contributed by atoms with E-state index in [2.05, 4.69) is 15.3 Å². The normalized spacial score (nSPS) is 11.5. The largest absolute Gasteiger partial charge is 0.481 e. The number of amides is 1. The van der Waals surface area contributed by atoms with Crippen LogP contribution in [0.25, 0.3) is 0 Å². The van der Waals surface area contributed by atoms with Crippen LogP contribution in [0, 0.1) is 21.7 Å². The minimum atomic E-state index is -1.44. The van der Waals surface area contributed by atoms with Crippen molar-refractivity contribution in [1.82, 2.24) is 15.3 Å². The minimum Gasteiger partial charge on any atom is -0.481 e. The van der Waals surface area contributed by atoms with E-state index in [1.165, 1.54) is 29.2 Å². The number of H-pyrrole nitrogens is 1. The summed E-state index contributed by atoms with van der Waals surface area (Å²) >= 11 is 0. The summed E-state index contributed by atoms with van der Waals surface area (Å²) in [5.74, 6) is -6.44. The molecule has 0 unspecified atom stereocenters. The van der Waals surface area contributed by atoms with Crippen LogP contribution in [0.5, 0.6) is 0 Å². The van der Waals surface area contributed by atoms with E-state index in [1.807, 2.05) is 0 Å². The van der Waals surface area contributed by atoms with Gasteiger partial charge in [-0.05, 0) is 37.0 Å². The molecule has 0 bridgehead atoms. The van der Waals surface area contributed by atoms with Gasteiger partial charge in [-0.1, -0.05) is 12.1 Å². The third-order valence-electron chi connectivity index (χ3n) is 6.32. The summed E-state index contributed by atoms with van der Waals surface area (Å²) in [5, 5.41) is 32.0. The van der Waals surface area contributed by atoms with Gasteiger partial charge in [0.1, 0.15) is 17.5 Å². The lowest BCUT2D eigenvalue weighted by molar-refractivity contribution is -0.384. The number of hydrogen-bond acceptors (Lipinski definition) is 10. The second-order valence-electron chi connectivity index (χ2n) is 9.35. The zero-order valence-electron chi connectivity index (χ0n) is 22.4. The molecule has 228 valence electrons. The number of aromatic amines is 1. The number of carboxylic acids is 2. The van der Waals surface area contributed by atoms with Crippen LogP contribution in [0.3, 0.4) is 0 Å². The van der Waals surface area contributed by atoms with Crippen molar-refractivity contribution in [1.29, 1.82) is 0 Å². The van der Waals surface area contributed by atoms with Crippen LogP contribution in [0.4, 0.5) is 31.9 Å². The van der Waals surface area contributed by atoms with Crippen molar-refractivity contribution >= 4 is 41.0 Å². The highest BCUT2D eigenvalue weighted by Gasteiger charge is 2.25. The van der Waals surface area contributed by atoms with E-state index >= 15 is 0 Å². The highest BCUT2D eigenvalue weighted by atomic mass is 19.2. The van der Waals surface area contributed by atoms with E-state index in [9.17, 15) is 43.2 Å². The fourth-order valence-electron chi connectivity index (χ4n) is 4.18. The average molecular weight is 604 g/mol. The maximum Gasteiger partial charge on any atom is 0.326 e. The van der Waals surface area contributed by atoms with Crippen LogP contribution >= 0.6 is 0 Å². The van der Waals surface area contributed by atoms with Crippen LogP contribution in [0.1, 0.15) is 40.7 Å². The molecule has 0 fully saturated rings. The quantitative estimate of drug-likeness (QED) is 0.114. The number of anilines is 3. The van der Waals surface area contributed by atoms with Gasteiger partial charge < -0.3 is 31.9 Å². The number of hydrogen-bond donors (Lipinski definition) is 6. The molecule has 0 spiro atoms. The number of nitrogens with one attached hydrogen (secondary N) is 2. The monoisotopic (exact) mass is 603 g/mol. The number of nitrogen functional groups attached to an aromatic ring is 2. The lowest BCUT2D eigenvalue weighted by Gasteiger charge is -2.25. The van der Waals surface area contributed by atoms with Crippen molar-refractivity contribution in [3.63, 3.8) is 0 Å². The van der Waals surface area contributed by atoms with Gasteiger partial charge in [0.2, 0.25) is 5.95 Å². The zero-order chi connectivity index (χ0) is 31.8. The van der Waals surface area contributed by atoms with Crippen molar-refractivity contribution < 1.29 is 38.3 Å². The lowest BCUT2D eigenvalue weighted by Crippen LogP contribution is -2.41. The van der Waals surface area contributed by atoms with Crippen LogP contribution < -0.4 is 27.2 Å². The number of aliphatic carboxylic acids is 2. The van der Waals surface area contributed by atoms with E-state index < -0.39 is 58.1 Å². The van der Waals surface area contributed by atoms with E-state index in [0.29, 0.717) is 17.7 Å². The molecule has 1 atom stereocenters. The van der Waals surface area contributed by atoms with Gasteiger partial charge >= 0.3 is 11.9 Å². The topological polar surface area (TPSA) is 248 Å². The Bertz CT molecular complexity index is 1600. The molecule has 0 saturated carbocycles. The highest BCUT2D eigenvalue weighted by Crippen LogP contribution is 2.32. The second kappa shape index (κ2) is 13.8. The molecule has 3 rings (SSSR count). The second-order valence-corrected chi connectivity index (χ2v) is 9.35. The van der Waals surface area contributed by atoms with Crippen LogP contribution in [-0.4, -0.2) is 55.5 Å². The highest BCUT2D eigenvalue weighted by molar-refractivity contribution is 5.96. The molecule has 17 heteroatoms. The summed E-state index contributed by atoms with van der Waals surface area (Å²) in [6.45, 7) is -0.0860. The number of carbonyl (C=O) groups excluding carboxylic acids is 1. The fraction of sp³-hybridized carbons (Fsp3) is 0.269. The van der Waals surface area contributed by atoms with Gasteiger partial charge in [0.05, 0.1) is 16.6 Å². The predicted molar refractivity (Wildman–Crippen MR) is 148 cm³/mol. The Kier molecular flexibility index (Phi) is 10.3. The van der Waals surface area contributed by atoms with Gasteiger partial charge in [0.25, 0.3) is 17.2 Å². The number of benzene rings is 2. The molecule has 0 saturated heterocycles. The molecule has 0 aliphatic heterocycles. The summed E-state index contributed by atoms with van der Waals surface area (Å²) in [6.07, 6.45) is -0.574. The first-order valence-corrected chi connectivity index (χ1v) is 12.6. The molecule has 1 aromatic heterocycles. The van der Waals surface area contributed by atoms with Crippen molar-refractivity contribution in [3.8, 4) is 0 Å². The van der Waals surface area contributed by atoms with Gasteiger partial charge in [-0.25, -0.2) is 13.6 Å². The summed E-state index contributed by atoms with van der Waals surface area (Å²) in [7, 11) is 0. The van der Waals surface area contributed by atoms with E-state index in [0.717, 1.165) is 0 Å². The van der Waals surface area contributed by atoms with Gasteiger partial charge in [0.15, 0.2) is 11.6 Å². The maximum absolute atomic E-state index is 14.2. The molecule has 1 heterocycles. The first kappa shape index (κ1) is 31.9. The maximum atomic E-state index is 14.2. The fourth-order valence-corrected chi connectivity index (χ4v) is 4.18. The molecule has 2 aromatic carbocycles. The van der Waals surface area contributed by atoms with E-state index in [-0.39, 0.29) is 60.9 Å². The van der Waals surface area contributed by atoms with Crippen LogP contribution in [-0.2, 0) is 22.6 Å². The number of halogens is 2. The smallest absolute Gasteiger partial charge is 0.326 e. The number of nitro benzene ring substituents is 1. The summed E-state index contributed by atoms with van der Waals surface area (Å²) in [4.78, 5) is 65.3. The first-order valence-electron chi connectivity index (χ1n) is 12.6. The van der Waals surface area contributed by atoms with Crippen molar-refractivity contribution in [2.75, 3.05) is 22.9 Å². The molecule has 3 aromatic rings. The average Bonchev–Trinajstić information content (AvgIpc) is 2.92. The van der Waals surface area contributed by atoms with Gasteiger partial charge in [-0.2, -0.15) is 4.98 Å². The summed E-state index contributed by atoms with van der Waals surface area (Å²) in [5.41, 5.74) is 10.4. The Morgan fingerprint density at radius 3 is 2.35 bits per heavy atom. The molecule has 43 heavy (non-hydrogen) atoms. The number of rotatable bonds is 14. The Balaban J connectivity index is 1.85. The van der Waals surface area contributed by atoms with Gasteiger partial charge in [-0.3, -0.25) is 29.5 Å². The molecule has 15 nitrogen and oxygen atoms in total. The minimum absolute atomic E-state index is 0.00127. The Morgan fingerprint density at radius 2 is 1.77 bits per heavy atom. The Hall–Kier alpha value is -5.61. The number of carboxylic acid groups (broad SMARTS) is 2. The predicted octanol–water partition coefficient (Wildman–Crippen LogP) is 1.81. The van der Waals surface area contributed by atoms with Crippen molar-refractivity contribution in [2.24, 2.45) is 0 Å². The molecule has 8 N–H and O–H groups in total. The molecule has 1 amide bonds. The molecule has 0 aliphatic rings. The number of aromatic nitrogens is 2. The third-order valence-corrected chi connectivity index (χ3v) is 6.32. The van der Waals surface area contributed by atoms with E-state index in [1.54, 1.807) is 0 Å². The van der Waals surface area contributed by atoms with E-state index in [4.69, 9.17) is 16.6 Å². The summed E-state index contributed by atoms with van der Waals surface area (Å²) in [6, 6.07) is 5.33. The van der Waals surface area contributed by atoms with Crippen molar-refractivity contribution in [3.05, 3.63) is 85.2 Å². The molecule has 0 aliphatic carbocycles. The summed E-state index contributed by atoms with van der Waals surface area (Å²) < 4.78 is 28.1. The number of nitrogens with two attached hydrogens (primary N) is 2. The van der Waals surface area contributed by atoms with Gasteiger partial charge in [-0.15, -0.1) is 0 Å². The van der Waals surface area contributed by atoms with Crippen molar-refractivity contribution in [2.45, 2.75) is 38.3 Å². The van der Waals surface area contributed by atoms with Crippen LogP contribution in [0.2, 0.25) is 0 Å². The first-order chi connectivity index (χ1) is 20.3. The third kappa shape index (κ3) is 8.44. The van der Waals surface area contributed by atoms with Crippen LogP contribution in [0.15, 0.2) is 41.2 Å². The zero-order valence-corrected chi connectivity index (χ0v) is 22.4. The number of nitro groups is 1. The standard InChI is InChI=1S/C26H27F2N7O8/c27-16-10-19(20(35(42)43)11-17(16)28)34(9-1-2-15-22(29)32-26(30)33-24(15)39)12-13-3-5-14(6-4-13)23(38)31-18(25(40)41)7-8-21(36)37/h3-6,10-11,18H,1-2,7-9,12H2,(H,31,38)(H,36,37)(H,40,41)(H5,29,30,32,33,39)/t18-/m0/s1. The molecule has 0 radical (unpaired) electrons. The molecular formula is C26H27F2N7O8. The Labute approximate surface area is 241 Å². The molecular weight excluding hydrogens is 576 g/mol. The Morgan fingerprint density at radius 1 is 1.12 bits per heavy atom. The van der Waals surface area contributed by atoms with Gasteiger partial charge in [0, 0.05) is 31.1 Å². The number of nitrogens with zero attached hydrogens (tertiary/aromatic N) is 3. The SMILES string of the molecule is Nc1nc(N)c(CCCN(Cc2ccc(C(=O)N[C@@H](CCC(=O)O)C(=O)O)cc2)c2cc(F)c(F)cc2[N+](=O)[O-])c(=O)[nH]1.